The third kappa shape index (κ3) is 5.42. The smallest absolute Gasteiger partial charge is 0.212 e. The zero-order chi connectivity index (χ0) is 49.9. The maximum Gasteiger partial charge on any atom is 0.212 e. The van der Waals surface area contributed by atoms with Gasteiger partial charge >= 0.3 is 0 Å². The van der Waals surface area contributed by atoms with Crippen LogP contribution in [0.1, 0.15) is 5.56 Å². The molecule has 8 heteroatoms. The SMILES string of the molecule is [C-]#[N+]c1cc(-n2c3ccc(-n4c5ccccc5c5ccccc54)cc3c3c4oc5ccccc5c4ccc32)c(C#N)cc1-n1c2ccc(-n3c4ccccc4c4ccccc43)cc2c2cc3c(cc21)sc1ccccc13. The Balaban J connectivity index is 0.938. The molecule has 7 nitrogen and oxygen atoms in total. The van der Waals surface area contributed by atoms with E-state index in [1.165, 1.54) is 37.0 Å². The highest BCUT2D eigenvalue weighted by atomic mass is 32.1. The lowest BCUT2D eigenvalue weighted by Gasteiger charge is -2.16. The number of nitriles is 1. The van der Waals surface area contributed by atoms with Gasteiger partial charge in [-0.1, -0.05) is 109 Å². The van der Waals surface area contributed by atoms with Crippen molar-refractivity contribution < 1.29 is 4.42 Å². The van der Waals surface area contributed by atoms with Crippen LogP contribution in [0.4, 0.5) is 5.69 Å². The van der Waals surface area contributed by atoms with Gasteiger partial charge in [-0.25, -0.2) is 4.85 Å². The molecule has 6 heterocycles. The molecule has 17 aromatic rings. The van der Waals surface area contributed by atoms with E-state index < -0.39 is 0 Å². The van der Waals surface area contributed by atoms with Crippen LogP contribution in [0, 0.1) is 17.9 Å². The number of hydrogen-bond donors (Lipinski definition) is 0. The lowest BCUT2D eigenvalue weighted by atomic mass is 10.1. The Kier molecular flexibility index (Phi) is 8.17. The van der Waals surface area contributed by atoms with Gasteiger partial charge in [-0.05, 0) is 109 Å². The summed E-state index contributed by atoms with van der Waals surface area (Å²) in [6, 6.07) is 79.7. The molecule has 0 spiro atoms. The molecule has 0 N–H and O–H groups in total. The molecular formula is C68H36N6OS. The van der Waals surface area contributed by atoms with Crippen LogP contribution < -0.4 is 0 Å². The van der Waals surface area contributed by atoms with Crippen molar-refractivity contribution in [2.24, 2.45) is 0 Å². The molecule has 17 rings (SSSR count). The van der Waals surface area contributed by atoms with Crippen molar-refractivity contribution in [2.45, 2.75) is 0 Å². The largest absolute Gasteiger partial charge is 0.455 e. The Labute approximate surface area is 436 Å². The van der Waals surface area contributed by atoms with Gasteiger partial charge < -0.3 is 22.7 Å². The second-order valence-electron chi connectivity index (χ2n) is 19.8. The van der Waals surface area contributed by atoms with Gasteiger partial charge in [-0.2, -0.15) is 5.26 Å². The number of hydrogen-bond acceptors (Lipinski definition) is 3. The van der Waals surface area contributed by atoms with Crippen LogP contribution >= 0.6 is 11.3 Å². The van der Waals surface area contributed by atoms with Gasteiger partial charge in [-0.15, -0.1) is 11.3 Å². The topological polar surface area (TPSA) is 61.0 Å². The normalized spacial score (nSPS) is 12.2. The van der Waals surface area contributed by atoms with Crippen LogP contribution in [0.2, 0.25) is 0 Å². The zero-order valence-electron chi connectivity index (χ0n) is 40.3. The van der Waals surface area contributed by atoms with E-state index in [2.05, 4.69) is 217 Å². The summed E-state index contributed by atoms with van der Waals surface area (Å²) >= 11 is 1.77. The van der Waals surface area contributed by atoms with Crippen molar-refractivity contribution >= 4 is 146 Å². The van der Waals surface area contributed by atoms with E-state index in [4.69, 9.17) is 11.0 Å². The Bertz CT molecular complexity index is 5360. The predicted octanol–water partition coefficient (Wildman–Crippen LogP) is 18.8. The highest BCUT2D eigenvalue weighted by molar-refractivity contribution is 7.25. The van der Waals surface area contributed by atoms with Gasteiger partial charge in [0.05, 0.1) is 73.0 Å². The Morgan fingerprint density at radius 3 is 1.53 bits per heavy atom. The summed E-state index contributed by atoms with van der Waals surface area (Å²) in [6.45, 7) is 8.98. The van der Waals surface area contributed by atoms with E-state index in [-0.39, 0.29) is 0 Å². The molecule has 350 valence electrons. The molecule has 0 amide bonds. The Morgan fingerprint density at radius 2 is 0.895 bits per heavy atom. The third-order valence-electron chi connectivity index (χ3n) is 16.0. The van der Waals surface area contributed by atoms with E-state index in [0.717, 1.165) is 104 Å². The van der Waals surface area contributed by atoms with Crippen LogP contribution in [-0.2, 0) is 0 Å². The van der Waals surface area contributed by atoms with Crippen molar-refractivity contribution in [1.82, 2.24) is 18.3 Å². The highest BCUT2D eigenvalue weighted by Gasteiger charge is 2.26. The van der Waals surface area contributed by atoms with E-state index >= 15 is 0 Å². The molecule has 76 heavy (non-hydrogen) atoms. The van der Waals surface area contributed by atoms with E-state index in [1.54, 1.807) is 11.3 Å². The molecule has 6 aromatic heterocycles. The molecule has 0 aliphatic heterocycles. The van der Waals surface area contributed by atoms with Crippen molar-refractivity contribution in [1.29, 1.82) is 5.26 Å². The molecule has 0 aliphatic rings. The summed E-state index contributed by atoms with van der Waals surface area (Å²) < 4.78 is 18.3. The molecule has 0 radical (unpaired) electrons. The number of thiophene rings is 1. The quantitative estimate of drug-likeness (QED) is 0.165. The second-order valence-corrected chi connectivity index (χ2v) is 20.9. The average Bonchev–Trinajstić information content (AvgIpc) is 4.34. The lowest BCUT2D eigenvalue weighted by Crippen LogP contribution is -2.02. The van der Waals surface area contributed by atoms with Crippen LogP contribution in [0.3, 0.4) is 0 Å². The lowest BCUT2D eigenvalue weighted by molar-refractivity contribution is 0.673. The van der Waals surface area contributed by atoms with Gasteiger partial charge in [0.1, 0.15) is 17.2 Å². The monoisotopic (exact) mass is 984 g/mol. The predicted molar refractivity (Wildman–Crippen MR) is 315 cm³/mol. The van der Waals surface area contributed by atoms with E-state index in [9.17, 15) is 5.26 Å². The summed E-state index contributed by atoms with van der Waals surface area (Å²) in [4.78, 5) is 4.34. The first-order valence-corrected chi connectivity index (χ1v) is 26.1. The van der Waals surface area contributed by atoms with Gasteiger partial charge in [0, 0.05) is 80.0 Å². The number of furan rings is 1. The molecule has 0 bridgehead atoms. The maximum atomic E-state index is 11.5. The van der Waals surface area contributed by atoms with Crippen molar-refractivity contribution in [3.63, 3.8) is 0 Å². The summed E-state index contributed by atoms with van der Waals surface area (Å²) in [5, 5.41) is 24.8. The summed E-state index contributed by atoms with van der Waals surface area (Å²) in [5.41, 5.74) is 14.0. The van der Waals surface area contributed by atoms with Gasteiger partial charge in [0.25, 0.3) is 0 Å². The number of benzene rings is 11. The first-order chi connectivity index (χ1) is 37.6. The minimum absolute atomic E-state index is 0.428. The minimum Gasteiger partial charge on any atom is -0.455 e. The average molecular weight is 985 g/mol. The van der Waals surface area contributed by atoms with Crippen LogP contribution in [0.5, 0.6) is 0 Å². The molecule has 0 saturated carbocycles. The molecule has 0 fully saturated rings. The van der Waals surface area contributed by atoms with Crippen molar-refractivity contribution in [3.05, 3.63) is 235 Å². The number of nitrogens with zero attached hydrogens (tertiary/aromatic N) is 6. The number of fused-ring (bicyclic) bond motifs is 19. The first-order valence-electron chi connectivity index (χ1n) is 25.3. The zero-order valence-corrected chi connectivity index (χ0v) is 41.1. The van der Waals surface area contributed by atoms with Gasteiger partial charge in [0.2, 0.25) is 5.69 Å². The van der Waals surface area contributed by atoms with E-state index in [1.807, 2.05) is 30.3 Å². The molecule has 11 aromatic carbocycles. The standard InChI is InChI=1S/C68H36N6OS/c1-70-53-36-61(73-59-30-27-41(72-56-22-10-4-16-44(56)45-17-5-11-23-57(45)72)34-52(59)67-60(73)31-28-48-46-18-6-12-24-64(46)75-68(48)67)39(38-69)32-63(53)74-58-29-26-40(71-54-20-8-2-14-42(54)43-15-3-9-21-55(43)71)33-49(58)50-35-51-47-19-7-13-25-65(47)76-66(51)37-62(50)74/h2-37H. The van der Waals surface area contributed by atoms with Gasteiger partial charge in [-0.3, -0.25) is 0 Å². The van der Waals surface area contributed by atoms with Crippen molar-refractivity contribution in [2.75, 3.05) is 0 Å². The number of para-hydroxylation sites is 5. The molecular weight excluding hydrogens is 949 g/mol. The fourth-order valence-corrected chi connectivity index (χ4v) is 13.9. The van der Waals surface area contributed by atoms with Gasteiger partial charge in [0.15, 0.2) is 0 Å². The fourth-order valence-electron chi connectivity index (χ4n) is 12.8. The van der Waals surface area contributed by atoms with E-state index in [0.29, 0.717) is 22.6 Å². The van der Waals surface area contributed by atoms with Crippen LogP contribution in [0.15, 0.2) is 223 Å². The fraction of sp³-hybridized carbons (Fsp3) is 0. The maximum absolute atomic E-state index is 11.5. The summed E-state index contributed by atoms with van der Waals surface area (Å²) in [6.07, 6.45) is 0. The van der Waals surface area contributed by atoms with Crippen LogP contribution in [0.25, 0.3) is 157 Å². The van der Waals surface area contributed by atoms with Crippen LogP contribution in [-0.4, -0.2) is 18.3 Å². The molecule has 0 unspecified atom stereocenters. The third-order valence-corrected chi connectivity index (χ3v) is 17.1. The highest BCUT2D eigenvalue weighted by Crippen LogP contribution is 2.47. The van der Waals surface area contributed by atoms with Crippen molar-refractivity contribution in [3.8, 4) is 28.8 Å². The summed E-state index contributed by atoms with van der Waals surface area (Å²) in [5.74, 6) is 0. The number of rotatable bonds is 4. The summed E-state index contributed by atoms with van der Waals surface area (Å²) in [7, 11) is 0. The number of aromatic nitrogens is 4. The molecule has 0 atom stereocenters. The molecule has 0 aliphatic carbocycles. The Morgan fingerprint density at radius 1 is 0.382 bits per heavy atom. The first kappa shape index (κ1) is 41.1. The minimum atomic E-state index is 0.428. The Hall–Kier alpha value is -10.4. The second kappa shape index (κ2) is 15.1. The molecule has 0 saturated heterocycles.